The molecule has 260 valence electrons. The molecule has 2 aliphatic rings. The van der Waals surface area contributed by atoms with Gasteiger partial charge in [-0.3, -0.25) is 9.59 Å². The summed E-state index contributed by atoms with van der Waals surface area (Å²) >= 11 is 0. The quantitative estimate of drug-likeness (QED) is 0.329. The van der Waals surface area contributed by atoms with Gasteiger partial charge in [-0.15, -0.1) is 0 Å². The third kappa shape index (κ3) is 11.9. The molecule has 1 fully saturated rings. The molecule has 0 unspecified atom stereocenters. The lowest BCUT2D eigenvalue weighted by atomic mass is 9.96. The van der Waals surface area contributed by atoms with Crippen molar-refractivity contribution < 1.29 is 42.1 Å². The van der Waals surface area contributed by atoms with Gasteiger partial charge in [0.2, 0.25) is 5.91 Å². The summed E-state index contributed by atoms with van der Waals surface area (Å²) in [6.45, 7) is 5.68. The van der Waals surface area contributed by atoms with Crippen molar-refractivity contribution in [2.75, 3.05) is 38.7 Å². The number of carbonyl (C=O) groups is 3. The molecule has 4 amide bonds. The number of carbonyl (C=O) groups excluding carboxylic acids is 3. The molecule has 0 radical (unpaired) electrons. The van der Waals surface area contributed by atoms with Crippen molar-refractivity contribution in [3.8, 4) is 5.75 Å². The molecular formula is C33H51F3N4O6. The fourth-order valence-electron chi connectivity index (χ4n) is 5.87. The lowest BCUT2D eigenvalue weighted by Gasteiger charge is -2.36. The van der Waals surface area contributed by atoms with Crippen LogP contribution >= 0.6 is 0 Å². The Morgan fingerprint density at radius 2 is 1.80 bits per heavy atom. The number of rotatable bonds is 8. The molecule has 0 aromatic heterocycles. The van der Waals surface area contributed by atoms with Crippen LogP contribution in [0.15, 0.2) is 18.2 Å². The summed E-state index contributed by atoms with van der Waals surface area (Å²) in [5.74, 6) is -1.06. The second kappa shape index (κ2) is 17.7. The maximum Gasteiger partial charge on any atom is 0.389 e. The number of alkyl halides is 3. The summed E-state index contributed by atoms with van der Waals surface area (Å²) in [6.07, 6.45) is 0.193. The standard InChI is InChI=1S/C33H51F3N4O6/c1-22-19-40(23(2)21-41)31(43)27-18-26(38-32(44)37-25-11-6-5-7-12-25)13-14-28(27)46-24(3)10-8-9-17-45-29(22)20-39(4)30(42)15-16-33(34,35)36/h13-14,18,22-25,29,41H,5-12,15-17,19-21H2,1-4H3,(H2,37,38,44)/t22-,23+,24+,29+/m0/s1. The number of amides is 4. The predicted octanol–water partition coefficient (Wildman–Crippen LogP) is 5.74. The van der Waals surface area contributed by atoms with Gasteiger partial charge >= 0.3 is 12.2 Å². The zero-order valence-corrected chi connectivity index (χ0v) is 27.5. The highest BCUT2D eigenvalue weighted by molar-refractivity contribution is 5.99. The zero-order valence-electron chi connectivity index (χ0n) is 27.5. The Bertz CT molecular complexity index is 1150. The summed E-state index contributed by atoms with van der Waals surface area (Å²) in [7, 11) is 1.45. The molecule has 1 aliphatic carbocycles. The smallest absolute Gasteiger partial charge is 0.389 e. The number of benzene rings is 1. The average molecular weight is 657 g/mol. The molecule has 0 spiro atoms. The van der Waals surface area contributed by atoms with Crippen LogP contribution in [0.5, 0.6) is 5.75 Å². The van der Waals surface area contributed by atoms with E-state index < -0.39 is 43.0 Å². The number of halogens is 3. The highest BCUT2D eigenvalue weighted by atomic mass is 19.4. The number of urea groups is 1. The molecule has 1 aromatic carbocycles. The Labute approximate surface area is 270 Å². The Morgan fingerprint density at radius 1 is 1.11 bits per heavy atom. The van der Waals surface area contributed by atoms with Gasteiger partial charge < -0.3 is 35.0 Å². The maximum absolute atomic E-state index is 14.2. The van der Waals surface area contributed by atoms with Gasteiger partial charge in [0.1, 0.15) is 5.75 Å². The van der Waals surface area contributed by atoms with Crippen LogP contribution in [0.1, 0.15) is 95.3 Å². The summed E-state index contributed by atoms with van der Waals surface area (Å²) in [4.78, 5) is 42.3. The first-order valence-electron chi connectivity index (χ1n) is 16.5. The van der Waals surface area contributed by atoms with Gasteiger partial charge in [0.15, 0.2) is 0 Å². The molecular weight excluding hydrogens is 605 g/mol. The molecule has 3 N–H and O–H groups in total. The number of hydrogen-bond acceptors (Lipinski definition) is 6. The lowest BCUT2D eigenvalue weighted by Crippen LogP contribution is -2.48. The molecule has 1 saturated carbocycles. The minimum atomic E-state index is -4.43. The molecule has 4 atom stereocenters. The molecule has 10 nitrogen and oxygen atoms in total. The van der Waals surface area contributed by atoms with E-state index in [4.69, 9.17) is 9.47 Å². The number of aliphatic hydroxyl groups excluding tert-OH is 1. The normalized spacial score (nSPS) is 23.0. The highest BCUT2D eigenvalue weighted by Gasteiger charge is 2.32. The first-order valence-corrected chi connectivity index (χ1v) is 16.5. The van der Waals surface area contributed by atoms with Gasteiger partial charge in [0.05, 0.1) is 36.8 Å². The van der Waals surface area contributed by atoms with Crippen LogP contribution in [0.4, 0.5) is 23.7 Å². The Kier molecular flexibility index (Phi) is 14.4. The van der Waals surface area contributed by atoms with Crippen molar-refractivity contribution in [2.45, 2.75) is 115 Å². The summed E-state index contributed by atoms with van der Waals surface area (Å²) in [6, 6.07) is 4.10. The Morgan fingerprint density at radius 3 is 2.48 bits per heavy atom. The Balaban J connectivity index is 1.86. The van der Waals surface area contributed by atoms with Crippen molar-refractivity contribution >= 4 is 23.5 Å². The largest absolute Gasteiger partial charge is 0.490 e. The van der Waals surface area contributed by atoms with E-state index in [1.165, 1.54) is 16.8 Å². The number of nitrogens with one attached hydrogen (secondary N) is 2. The highest BCUT2D eigenvalue weighted by Crippen LogP contribution is 2.29. The van der Waals surface area contributed by atoms with E-state index in [1.54, 1.807) is 25.1 Å². The van der Waals surface area contributed by atoms with Crippen molar-refractivity contribution in [3.63, 3.8) is 0 Å². The molecule has 0 saturated heterocycles. The van der Waals surface area contributed by atoms with E-state index in [-0.39, 0.29) is 49.4 Å². The van der Waals surface area contributed by atoms with Crippen molar-refractivity contribution in [1.82, 2.24) is 15.1 Å². The van der Waals surface area contributed by atoms with Crippen molar-refractivity contribution in [1.29, 1.82) is 0 Å². The van der Waals surface area contributed by atoms with Gasteiger partial charge in [-0.1, -0.05) is 26.2 Å². The predicted molar refractivity (Wildman–Crippen MR) is 169 cm³/mol. The van der Waals surface area contributed by atoms with Crippen LogP contribution in [0.3, 0.4) is 0 Å². The molecule has 3 rings (SSSR count). The number of aliphatic hydroxyl groups is 1. The third-order valence-electron chi connectivity index (χ3n) is 8.75. The minimum absolute atomic E-state index is 0.0493. The van der Waals surface area contributed by atoms with Crippen molar-refractivity contribution in [2.24, 2.45) is 5.92 Å². The van der Waals surface area contributed by atoms with Crippen LogP contribution in [0, 0.1) is 5.92 Å². The fraction of sp³-hybridized carbons (Fsp3) is 0.727. The maximum atomic E-state index is 14.2. The first-order chi connectivity index (χ1) is 21.8. The van der Waals surface area contributed by atoms with E-state index in [2.05, 4.69) is 10.6 Å². The molecule has 1 heterocycles. The fourth-order valence-corrected chi connectivity index (χ4v) is 5.87. The van der Waals surface area contributed by atoms with E-state index >= 15 is 0 Å². The lowest BCUT2D eigenvalue weighted by molar-refractivity contribution is -0.149. The SMILES string of the molecule is C[C@@H]1CCCCO[C@H](CN(C)C(=O)CCC(F)(F)F)[C@@H](C)CN([C@H](C)CO)C(=O)c2cc(NC(=O)NC3CCCCC3)ccc2O1. The summed E-state index contributed by atoms with van der Waals surface area (Å²) < 4.78 is 50.6. The van der Waals surface area contributed by atoms with Gasteiger partial charge in [0, 0.05) is 50.8 Å². The van der Waals surface area contributed by atoms with E-state index in [0.29, 0.717) is 30.9 Å². The van der Waals surface area contributed by atoms with Crippen molar-refractivity contribution in [3.05, 3.63) is 23.8 Å². The minimum Gasteiger partial charge on any atom is -0.490 e. The topological polar surface area (TPSA) is 120 Å². The summed E-state index contributed by atoms with van der Waals surface area (Å²) in [5, 5.41) is 16.0. The first kappa shape index (κ1) is 37.4. The molecule has 0 bridgehead atoms. The number of fused-ring (bicyclic) bond motifs is 1. The Hall–Kier alpha value is -3.06. The van der Waals surface area contributed by atoms with E-state index in [0.717, 1.165) is 38.5 Å². The number of nitrogens with zero attached hydrogens (tertiary/aromatic N) is 2. The summed E-state index contributed by atoms with van der Waals surface area (Å²) in [5.41, 5.74) is 0.645. The zero-order chi connectivity index (χ0) is 33.9. The van der Waals surface area contributed by atoms with Gasteiger partial charge in [-0.05, 0) is 64.2 Å². The van der Waals surface area contributed by atoms with Crippen LogP contribution in [-0.2, 0) is 9.53 Å². The second-order valence-corrected chi connectivity index (χ2v) is 12.8. The van der Waals surface area contributed by atoms with Gasteiger partial charge in [0.25, 0.3) is 5.91 Å². The van der Waals surface area contributed by atoms with Gasteiger partial charge in [-0.2, -0.15) is 13.2 Å². The molecule has 46 heavy (non-hydrogen) atoms. The number of ether oxygens (including phenoxy) is 2. The molecule has 1 aromatic rings. The van der Waals surface area contributed by atoms with Crippen LogP contribution in [0.2, 0.25) is 0 Å². The average Bonchev–Trinajstić information content (AvgIpc) is 3.01. The number of hydrogen-bond donors (Lipinski definition) is 3. The monoisotopic (exact) mass is 656 g/mol. The van der Waals surface area contributed by atoms with Gasteiger partial charge in [-0.25, -0.2) is 4.79 Å². The van der Waals surface area contributed by atoms with E-state index in [9.17, 15) is 32.7 Å². The molecule has 13 heteroatoms. The van der Waals surface area contributed by atoms with E-state index in [1.807, 2.05) is 13.8 Å². The van der Waals surface area contributed by atoms with Crippen LogP contribution in [-0.4, -0.2) is 96.6 Å². The van der Waals surface area contributed by atoms with Crippen LogP contribution in [0.25, 0.3) is 0 Å². The third-order valence-corrected chi connectivity index (χ3v) is 8.75. The number of anilines is 1. The second-order valence-electron chi connectivity index (χ2n) is 12.8. The van der Waals surface area contributed by atoms with Crippen LogP contribution < -0.4 is 15.4 Å². The number of likely N-dealkylation sites (N-methyl/N-ethyl adjacent to an activating group) is 1. The molecule has 1 aliphatic heterocycles.